The maximum Gasteiger partial charge on any atom is 0.0949 e. The van der Waals surface area contributed by atoms with E-state index in [2.05, 4.69) is 89.3 Å². The first-order valence-corrected chi connectivity index (χ1v) is 9.91. The number of pyridine rings is 2. The molecule has 0 unspecified atom stereocenters. The van der Waals surface area contributed by atoms with Crippen LogP contribution in [0.2, 0.25) is 0 Å². The summed E-state index contributed by atoms with van der Waals surface area (Å²) in [7, 11) is 0. The molecule has 7 aromatic rings. The second-order valence-electron chi connectivity index (χ2n) is 7.66. The Balaban J connectivity index is 1.86. The molecule has 0 saturated heterocycles. The smallest absolute Gasteiger partial charge is 0.0949 e. The monoisotopic (exact) mass is 368 g/mol. The van der Waals surface area contributed by atoms with Crippen molar-refractivity contribution in [3.63, 3.8) is 0 Å². The Morgan fingerprint density at radius 2 is 1.31 bits per heavy atom. The van der Waals surface area contributed by atoms with Gasteiger partial charge >= 0.3 is 0 Å². The van der Waals surface area contributed by atoms with Gasteiger partial charge in [0.2, 0.25) is 0 Å². The highest BCUT2D eigenvalue weighted by molar-refractivity contribution is 6.26. The zero-order valence-corrected chi connectivity index (χ0v) is 15.6. The molecule has 2 nitrogen and oxygen atoms in total. The fourth-order valence-electron chi connectivity index (χ4n) is 4.95. The van der Waals surface area contributed by atoms with Gasteiger partial charge in [0.1, 0.15) is 0 Å². The SMILES string of the molecule is c1ccc2c(c1)ccc1c2ccc2c1c1cccnc1c1cc3ccccc3n12. The summed E-state index contributed by atoms with van der Waals surface area (Å²) in [6.45, 7) is 0. The number of nitrogens with zero attached hydrogens (tertiary/aromatic N) is 2. The zero-order chi connectivity index (χ0) is 18.9. The summed E-state index contributed by atoms with van der Waals surface area (Å²) in [5, 5.41) is 8.85. The zero-order valence-electron chi connectivity index (χ0n) is 15.6. The van der Waals surface area contributed by atoms with Gasteiger partial charge in [-0.15, -0.1) is 0 Å². The first kappa shape index (κ1) is 15.1. The minimum atomic E-state index is 1.05. The molecule has 0 N–H and O–H groups in total. The molecular formula is C27H16N2. The minimum absolute atomic E-state index is 1.05. The Morgan fingerprint density at radius 1 is 0.517 bits per heavy atom. The maximum absolute atomic E-state index is 4.80. The summed E-state index contributed by atoms with van der Waals surface area (Å²) in [5.74, 6) is 0. The van der Waals surface area contributed by atoms with Crippen LogP contribution in [0.3, 0.4) is 0 Å². The molecule has 0 aliphatic carbocycles. The quantitative estimate of drug-likeness (QED) is 0.261. The van der Waals surface area contributed by atoms with Crippen LogP contribution in [0.15, 0.2) is 97.2 Å². The first-order valence-electron chi connectivity index (χ1n) is 9.91. The summed E-state index contributed by atoms with van der Waals surface area (Å²) in [4.78, 5) is 4.80. The van der Waals surface area contributed by atoms with Gasteiger partial charge in [-0.2, -0.15) is 0 Å². The van der Waals surface area contributed by atoms with Crippen molar-refractivity contribution in [1.82, 2.24) is 9.38 Å². The molecule has 29 heavy (non-hydrogen) atoms. The molecule has 4 aromatic carbocycles. The van der Waals surface area contributed by atoms with Gasteiger partial charge in [0, 0.05) is 22.4 Å². The molecule has 0 atom stereocenters. The molecular weight excluding hydrogens is 352 g/mol. The van der Waals surface area contributed by atoms with Crippen molar-refractivity contribution in [2.45, 2.75) is 0 Å². The van der Waals surface area contributed by atoms with Crippen LogP contribution < -0.4 is 0 Å². The number of para-hydroxylation sites is 1. The summed E-state index contributed by atoms with van der Waals surface area (Å²) < 4.78 is 2.37. The van der Waals surface area contributed by atoms with Crippen molar-refractivity contribution in [2.75, 3.05) is 0 Å². The normalized spacial score (nSPS) is 12.1. The van der Waals surface area contributed by atoms with Crippen molar-refractivity contribution in [3.05, 3.63) is 97.2 Å². The summed E-state index contributed by atoms with van der Waals surface area (Å²) in [5.41, 5.74) is 4.66. The van der Waals surface area contributed by atoms with Crippen LogP contribution in [-0.2, 0) is 0 Å². The Morgan fingerprint density at radius 3 is 2.28 bits per heavy atom. The molecule has 0 bridgehead atoms. The lowest BCUT2D eigenvalue weighted by Gasteiger charge is -2.13. The lowest BCUT2D eigenvalue weighted by atomic mass is 9.96. The average molecular weight is 368 g/mol. The molecule has 2 heteroatoms. The average Bonchev–Trinajstić information content (AvgIpc) is 3.18. The number of fused-ring (bicyclic) bond motifs is 12. The molecule has 0 aliphatic heterocycles. The van der Waals surface area contributed by atoms with Gasteiger partial charge in [0.15, 0.2) is 0 Å². The van der Waals surface area contributed by atoms with E-state index in [1.807, 2.05) is 12.3 Å². The van der Waals surface area contributed by atoms with E-state index in [1.165, 1.54) is 48.7 Å². The molecule has 3 heterocycles. The van der Waals surface area contributed by atoms with E-state index in [1.54, 1.807) is 0 Å². The highest BCUT2D eigenvalue weighted by atomic mass is 14.9. The topological polar surface area (TPSA) is 17.3 Å². The predicted molar refractivity (Wildman–Crippen MR) is 123 cm³/mol. The molecule has 0 radical (unpaired) electrons. The fraction of sp³-hybridized carbons (Fsp3) is 0. The van der Waals surface area contributed by atoms with E-state index in [-0.39, 0.29) is 0 Å². The van der Waals surface area contributed by atoms with Crippen molar-refractivity contribution >= 4 is 59.8 Å². The van der Waals surface area contributed by atoms with Crippen molar-refractivity contribution < 1.29 is 0 Å². The van der Waals surface area contributed by atoms with Crippen LogP contribution in [-0.4, -0.2) is 9.38 Å². The number of hydrogen-bond donors (Lipinski definition) is 0. The molecule has 3 aromatic heterocycles. The van der Waals surface area contributed by atoms with Crippen LogP contribution in [0.4, 0.5) is 0 Å². The van der Waals surface area contributed by atoms with Gasteiger partial charge in [-0.05, 0) is 45.8 Å². The molecule has 134 valence electrons. The maximum atomic E-state index is 4.80. The lowest BCUT2D eigenvalue weighted by Crippen LogP contribution is -1.93. The Hall–Kier alpha value is -3.91. The van der Waals surface area contributed by atoms with Gasteiger partial charge in [0.05, 0.1) is 22.1 Å². The number of aromatic nitrogens is 2. The third kappa shape index (κ3) is 1.88. The van der Waals surface area contributed by atoms with Crippen molar-refractivity contribution in [2.24, 2.45) is 0 Å². The molecule has 7 rings (SSSR count). The van der Waals surface area contributed by atoms with E-state index in [9.17, 15) is 0 Å². The first-order chi connectivity index (χ1) is 14.4. The largest absolute Gasteiger partial charge is 0.307 e. The van der Waals surface area contributed by atoms with Crippen molar-refractivity contribution in [1.29, 1.82) is 0 Å². The Bertz CT molecular complexity index is 1760. The number of benzene rings is 4. The second-order valence-corrected chi connectivity index (χ2v) is 7.66. The standard InChI is InChI=1S/C27H16N2/c1-3-8-19-17(6-1)11-12-21-20(19)13-14-24-26(21)22-9-5-15-28-27(22)25-16-18-7-2-4-10-23(18)29(24)25/h1-16H. The van der Waals surface area contributed by atoms with Gasteiger partial charge in [-0.25, -0.2) is 0 Å². The van der Waals surface area contributed by atoms with Gasteiger partial charge < -0.3 is 4.40 Å². The van der Waals surface area contributed by atoms with Gasteiger partial charge in [-0.3, -0.25) is 4.98 Å². The number of hydrogen-bond acceptors (Lipinski definition) is 1. The highest BCUT2D eigenvalue weighted by Crippen LogP contribution is 2.38. The number of rotatable bonds is 0. The molecule has 0 spiro atoms. The van der Waals surface area contributed by atoms with Crippen molar-refractivity contribution in [3.8, 4) is 0 Å². The molecule has 0 saturated carbocycles. The van der Waals surface area contributed by atoms with Gasteiger partial charge in [0.25, 0.3) is 0 Å². The van der Waals surface area contributed by atoms with Crippen LogP contribution in [0.1, 0.15) is 0 Å². The Kier molecular flexibility index (Phi) is 2.77. The van der Waals surface area contributed by atoms with Crippen LogP contribution in [0, 0.1) is 0 Å². The van der Waals surface area contributed by atoms with E-state index in [0.717, 1.165) is 11.0 Å². The predicted octanol–water partition coefficient (Wildman–Crippen LogP) is 7.10. The molecule has 0 amide bonds. The fourth-order valence-corrected chi connectivity index (χ4v) is 4.95. The summed E-state index contributed by atoms with van der Waals surface area (Å²) in [6, 6.07) is 32.8. The van der Waals surface area contributed by atoms with E-state index in [0.29, 0.717) is 0 Å². The van der Waals surface area contributed by atoms with Crippen LogP contribution >= 0.6 is 0 Å². The van der Waals surface area contributed by atoms with E-state index >= 15 is 0 Å². The third-order valence-electron chi connectivity index (χ3n) is 6.18. The Labute approximate surface area is 166 Å². The minimum Gasteiger partial charge on any atom is -0.307 e. The lowest BCUT2D eigenvalue weighted by molar-refractivity contribution is 1.32. The molecule has 0 fully saturated rings. The highest BCUT2D eigenvalue weighted by Gasteiger charge is 2.15. The summed E-state index contributed by atoms with van der Waals surface area (Å²) in [6.07, 6.45) is 1.90. The van der Waals surface area contributed by atoms with Crippen LogP contribution in [0.5, 0.6) is 0 Å². The van der Waals surface area contributed by atoms with E-state index < -0.39 is 0 Å². The third-order valence-corrected chi connectivity index (χ3v) is 6.18. The molecule has 0 aliphatic rings. The summed E-state index contributed by atoms with van der Waals surface area (Å²) >= 11 is 0. The van der Waals surface area contributed by atoms with Gasteiger partial charge in [-0.1, -0.05) is 66.7 Å². The van der Waals surface area contributed by atoms with Crippen LogP contribution in [0.25, 0.3) is 59.8 Å². The van der Waals surface area contributed by atoms with E-state index in [4.69, 9.17) is 4.98 Å². The second kappa shape index (κ2) is 5.33.